The van der Waals surface area contributed by atoms with E-state index < -0.39 is 17.9 Å². The summed E-state index contributed by atoms with van der Waals surface area (Å²) in [5.41, 5.74) is 5.92. The molecule has 0 radical (unpaired) electrons. The number of carbonyl (C=O) groups is 2. The van der Waals surface area contributed by atoms with Gasteiger partial charge in [0.05, 0.1) is 12.2 Å². The number of hydrogen-bond donors (Lipinski definition) is 2. The summed E-state index contributed by atoms with van der Waals surface area (Å²) in [6, 6.07) is 13.6. The van der Waals surface area contributed by atoms with Gasteiger partial charge in [-0.05, 0) is 57.0 Å². The van der Waals surface area contributed by atoms with Crippen LogP contribution in [-0.4, -0.2) is 26.8 Å². The molecular weight excluding hydrogens is 366 g/mol. The lowest BCUT2D eigenvalue weighted by molar-refractivity contribution is -0.139. The van der Waals surface area contributed by atoms with Gasteiger partial charge in [-0.25, -0.2) is 4.79 Å². The molecule has 2 aromatic carbocycles. The third kappa shape index (κ3) is 4.90. The van der Waals surface area contributed by atoms with E-state index in [1.165, 1.54) is 0 Å². The minimum Gasteiger partial charge on any atom is -0.479 e. The molecule has 1 unspecified atom stereocenters. The number of carbonyl (C=O) groups excluding carboxylic acids is 1. The van der Waals surface area contributed by atoms with E-state index in [1.54, 1.807) is 24.3 Å². The number of aliphatic carboxylic acids is 1. The molecule has 0 aliphatic heterocycles. The minimum absolute atomic E-state index is 0.415. The van der Waals surface area contributed by atoms with Crippen molar-refractivity contribution in [1.82, 2.24) is 15.1 Å². The van der Waals surface area contributed by atoms with Gasteiger partial charge in [0.15, 0.2) is 6.04 Å². The van der Waals surface area contributed by atoms with Gasteiger partial charge in [0.2, 0.25) is 0 Å². The van der Waals surface area contributed by atoms with Crippen LogP contribution in [-0.2, 0) is 11.3 Å². The molecule has 1 aromatic heterocycles. The van der Waals surface area contributed by atoms with Gasteiger partial charge in [0.25, 0.3) is 5.91 Å². The van der Waals surface area contributed by atoms with Crippen LogP contribution in [0.1, 0.15) is 50.0 Å². The van der Waals surface area contributed by atoms with Gasteiger partial charge in [0, 0.05) is 11.3 Å². The van der Waals surface area contributed by atoms with Crippen molar-refractivity contribution < 1.29 is 14.7 Å². The summed E-state index contributed by atoms with van der Waals surface area (Å²) in [5, 5.41) is 16.7. The van der Waals surface area contributed by atoms with E-state index in [-0.39, 0.29) is 0 Å². The third-order valence-corrected chi connectivity index (χ3v) is 4.75. The normalized spacial score (nSPS) is 11.9. The monoisotopic (exact) mass is 391 g/mol. The van der Waals surface area contributed by atoms with E-state index in [4.69, 9.17) is 0 Å². The van der Waals surface area contributed by atoms with E-state index in [0.717, 1.165) is 28.1 Å². The molecule has 29 heavy (non-hydrogen) atoms. The Morgan fingerprint density at radius 3 is 2.14 bits per heavy atom. The first-order chi connectivity index (χ1) is 13.7. The Morgan fingerprint density at radius 2 is 1.62 bits per heavy atom. The highest BCUT2D eigenvalue weighted by Crippen LogP contribution is 2.18. The molecule has 0 aliphatic carbocycles. The first kappa shape index (κ1) is 20.3. The standard InChI is InChI=1S/C23H25N3O3/c1-14-9-15(2)11-20(10-14)21(23(28)29)24-22(27)19-7-5-18(6-8-19)13-26-17(4)12-16(3)25-26/h5-12,21H,13H2,1-4H3,(H,24,27)(H,28,29). The predicted molar refractivity (Wildman–Crippen MR) is 111 cm³/mol. The van der Waals surface area contributed by atoms with E-state index in [0.29, 0.717) is 17.7 Å². The molecule has 150 valence electrons. The van der Waals surface area contributed by atoms with Crippen LogP contribution in [0.25, 0.3) is 0 Å². The Labute approximate surface area is 170 Å². The summed E-state index contributed by atoms with van der Waals surface area (Å²) < 4.78 is 1.91. The molecule has 0 spiro atoms. The van der Waals surface area contributed by atoms with Gasteiger partial charge in [-0.2, -0.15) is 5.10 Å². The molecular formula is C23H25N3O3. The van der Waals surface area contributed by atoms with Crippen LogP contribution in [0.5, 0.6) is 0 Å². The number of aryl methyl sites for hydroxylation is 4. The maximum Gasteiger partial charge on any atom is 0.330 e. The lowest BCUT2D eigenvalue weighted by Crippen LogP contribution is -2.33. The first-order valence-corrected chi connectivity index (χ1v) is 9.45. The highest BCUT2D eigenvalue weighted by Gasteiger charge is 2.23. The Kier molecular flexibility index (Phi) is 5.82. The molecule has 3 rings (SSSR count). The van der Waals surface area contributed by atoms with E-state index in [2.05, 4.69) is 10.4 Å². The number of carboxylic acid groups (broad SMARTS) is 1. The summed E-state index contributed by atoms with van der Waals surface area (Å²) >= 11 is 0. The lowest BCUT2D eigenvalue weighted by atomic mass is 10.0. The maximum absolute atomic E-state index is 12.6. The minimum atomic E-state index is -1.10. The van der Waals surface area contributed by atoms with Crippen molar-refractivity contribution in [3.05, 3.63) is 87.7 Å². The fourth-order valence-corrected chi connectivity index (χ4v) is 3.45. The molecule has 1 heterocycles. The van der Waals surface area contributed by atoms with Crippen LogP contribution in [0.4, 0.5) is 0 Å². The van der Waals surface area contributed by atoms with E-state index in [1.807, 2.05) is 56.6 Å². The number of rotatable bonds is 6. The second-order valence-corrected chi connectivity index (χ2v) is 7.45. The van der Waals surface area contributed by atoms with Crippen LogP contribution in [0, 0.1) is 27.7 Å². The Balaban J connectivity index is 1.75. The van der Waals surface area contributed by atoms with Crippen LogP contribution >= 0.6 is 0 Å². The van der Waals surface area contributed by atoms with Crippen LogP contribution in [0.3, 0.4) is 0 Å². The number of amides is 1. The molecule has 3 aromatic rings. The molecule has 1 atom stereocenters. The van der Waals surface area contributed by atoms with Crippen molar-refractivity contribution in [2.45, 2.75) is 40.3 Å². The summed E-state index contributed by atoms with van der Waals surface area (Å²) in [6.45, 7) is 8.37. The summed E-state index contributed by atoms with van der Waals surface area (Å²) in [5.74, 6) is -1.52. The third-order valence-electron chi connectivity index (χ3n) is 4.75. The number of nitrogens with one attached hydrogen (secondary N) is 1. The first-order valence-electron chi connectivity index (χ1n) is 9.45. The largest absolute Gasteiger partial charge is 0.479 e. The zero-order valence-corrected chi connectivity index (χ0v) is 17.1. The van der Waals surface area contributed by atoms with Crippen LogP contribution < -0.4 is 5.32 Å². The summed E-state index contributed by atoms with van der Waals surface area (Å²) in [7, 11) is 0. The molecule has 6 heteroatoms. The number of hydrogen-bond acceptors (Lipinski definition) is 3. The highest BCUT2D eigenvalue weighted by molar-refractivity contribution is 5.96. The second kappa shape index (κ2) is 8.31. The molecule has 6 nitrogen and oxygen atoms in total. The van der Waals surface area contributed by atoms with Gasteiger partial charge in [-0.3, -0.25) is 9.48 Å². The van der Waals surface area contributed by atoms with Crippen LogP contribution in [0.2, 0.25) is 0 Å². The average molecular weight is 391 g/mol. The molecule has 0 saturated heterocycles. The van der Waals surface area contributed by atoms with Gasteiger partial charge >= 0.3 is 5.97 Å². The average Bonchev–Trinajstić information content (AvgIpc) is 2.96. The maximum atomic E-state index is 12.6. The molecule has 0 aliphatic rings. The Hall–Kier alpha value is -3.41. The quantitative estimate of drug-likeness (QED) is 0.671. The Bertz CT molecular complexity index is 1030. The fourth-order valence-electron chi connectivity index (χ4n) is 3.45. The van der Waals surface area contributed by atoms with E-state index >= 15 is 0 Å². The van der Waals surface area contributed by atoms with Crippen molar-refractivity contribution >= 4 is 11.9 Å². The van der Waals surface area contributed by atoms with Gasteiger partial charge < -0.3 is 10.4 Å². The van der Waals surface area contributed by atoms with Gasteiger partial charge in [0.1, 0.15) is 0 Å². The van der Waals surface area contributed by atoms with Crippen molar-refractivity contribution in [3.8, 4) is 0 Å². The highest BCUT2D eigenvalue weighted by atomic mass is 16.4. The van der Waals surface area contributed by atoms with E-state index in [9.17, 15) is 14.7 Å². The Morgan fingerprint density at radius 1 is 1.00 bits per heavy atom. The topological polar surface area (TPSA) is 84.2 Å². The summed E-state index contributed by atoms with van der Waals surface area (Å²) in [6.07, 6.45) is 0. The van der Waals surface area contributed by atoms with Crippen molar-refractivity contribution in [2.75, 3.05) is 0 Å². The molecule has 0 bridgehead atoms. The lowest BCUT2D eigenvalue weighted by Gasteiger charge is -2.16. The smallest absolute Gasteiger partial charge is 0.330 e. The second-order valence-electron chi connectivity index (χ2n) is 7.45. The predicted octanol–water partition coefficient (Wildman–Crippen LogP) is 3.72. The van der Waals surface area contributed by atoms with Crippen molar-refractivity contribution in [3.63, 3.8) is 0 Å². The zero-order valence-electron chi connectivity index (χ0n) is 17.1. The molecule has 0 fully saturated rings. The van der Waals surface area contributed by atoms with Gasteiger partial charge in [-0.1, -0.05) is 41.5 Å². The number of aromatic nitrogens is 2. The number of carboxylic acids is 1. The fraction of sp³-hybridized carbons (Fsp3) is 0.261. The van der Waals surface area contributed by atoms with Crippen molar-refractivity contribution in [2.24, 2.45) is 0 Å². The van der Waals surface area contributed by atoms with Crippen molar-refractivity contribution in [1.29, 1.82) is 0 Å². The molecule has 2 N–H and O–H groups in total. The molecule has 0 saturated carbocycles. The number of benzene rings is 2. The van der Waals surface area contributed by atoms with Crippen LogP contribution in [0.15, 0.2) is 48.5 Å². The molecule has 1 amide bonds. The zero-order chi connectivity index (χ0) is 21.1. The summed E-state index contributed by atoms with van der Waals surface area (Å²) in [4.78, 5) is 24.4. The number of nitrogens with zero attached hydrogens (tertiary/aromatic N) is 2. The SMILES string of the molecule is Cc1cc(C)cc(C(NC(=O)c2ccc(Cn3nc(C)cc3C)cc2)C(=O)O)c1. The van der Waals surface area contributed by atoms with Gasteiger partial charge in [-0.15, -0.1) is 0 Å².